The Labute approximate surface area is 175 Å². The largest absolute Gasteiger partial charge is 0.466 e. The van der Waals surface area contributed by atoms with Gasteiger partial charge in [0.2, 0.25) is 11.8 Å². The molecule has 0 saturated carbocycles. The number of nitrogens with zero attached hydrogens (tertiary/aromatic N) is 2. The second-order valence-electron chi connectivity index (χ2n) is 9.16. The molecule has 2 fully saturated rings. The SMILES string of the molecule is CCOC(=O)C1CCN(C(=O)C(CC(C)C)N2CCNC(CC(C)C)C2=O)CC1. The van der Waals surface area contributed by atoms with E-state index in [1.807, 2.05) is 16.7 Å². The van der Waals surface area contributed by atoms with E-state index in [-0.39, 0.29) is 29.7 Å². The van der Waals surface area contributed by atoms with Crippen molar-refractivity contribution in [3.05, 3.63) is 0 Å². The number of nitrogens with one attached hydrogen (secondary N) is 1. The van der Waals surface area contributed by atoms with E-state index in [0.29, 0.717) is 57.3 Å². The van der Waals surface area contributed by atoms with E-state index >= 15 is 0 Å². The third-order valence-corrected chi connectivity index (χ3v) is 5.81. The van der Waals surface area contributed by atoms with Gasteiger partial charge in [-0.1, -0.05) is 27.7 Å². The molecule has 2 amide bonds. The van der Waals surface area contributed by atoms with Crippen LogP contribution in [0.25, 0.3) is 0 Å². The highest BCUT2D eigenvalue weighted by atomic mass is 16.5. The summed E-state index contributed by atoms with van der Waals surface area (Å²) < 4.78 is 5.13. The lowest BCUT2D eigenvalue weighted by atomic mass is 9.94. The zero-order valence-electron chi connectivity index (χ0n) is 18.8. The molecule has 166 valence electrons. The third kappa shape index (κ3) is 6.43. The predicted octanol–water partition coefficient (Wildman–Crippen LogP) is 2.05. The number of rotatable bonds is 8. The molecule has 7 heteroatoms. The molecule has 29 heavy (non-hydrogen) atoms. The minimum atomic E-state index is -0.418. The van der Waals surface area contributed by atoms with Crippen molar-refractivity contribution in [1.82, 2.24) is 15.1 Å². The molecule has 2 aliphatic heterocycles. The number of carbonyl (C=O) groups excluding carboxylic acids is 3. The summed E-state index contributed by atoms with van der Waals surface area (Å²) in [5.41, 5.74) is 0. The molecule has 2 rings (SSSR count). The molecule has 0 aromatic heterocycles. The molecule has 7 nitrogen and oxygen atoms in total. The van der Waals surface area contributed by atoms with E-state index in [9.17, 15) is 14.4 Å². The van der Waals surface area contributed by atoms with Crippen molar-refractivity contribution < 1.29 is 19.1 Å². The average molecular weight is 410 g/mol. The van der Waals surface area contributed by atoms with Crippen LogP contribution in [0.4, 0.5) is 0 Å². The highest BCUT2D eigenvalue weighted by Crippen LogP contribution is 2.24. The number of amides is 2. The first-order chi connectivity index (χ1) is 13.7. The lowest BCUT2D eigenvalue weighted by molar-refractivity contribution is -0.154. The Kier molecular flexibility index (Phi) is 8.93. The fourth-order valence-electron chi connectivity index (χ4n) is 4.34. The van der Waals surface area contributed by atoms with Gasteiger partial charge in [-0.2, -0.15) is 0 Å². The summed E-state index contributed by atoms with van der Waals surface area (Å²) in [6.45, 7) is 13.0. The van der Waals surface area contributed by atoms with Gasteiger partial charge in [-0.05, 0) is 44.4 Å². The minimum absolute atomic E-state index is 0.0274. The van der Waals surface area contributed by atoms with Gasteiger partial charge in [0.25, 0.3) is 0 Å². The van der Waals surface area contributed by atoms with Crippen LogP contribution in [0.2, 0.25) is 0 Å². The fourth-order valence-corrected chi connectivity index (χ4v) is 4.34. The van der Waals surface area contributed by atoms with Crippen molar-refractivity contribution in [1.29, 1.82) is 0 Å². The molecule has 2 aliphatic rings. The maximum absolute atomic E-state index is 13.4. The molecule has 0 aromatic rings. The van der Waals surface area contributed by atoms with E-state index in [4.69, 9.17) is 4.74 Å². The fraction of sp³-hybridized carbons (Fsp3) is 0.864. The molecule has 2 heterocycles. The molecular formula is C22H39N3O4. The molecule has 1 N–H and O–H groups in total. The summed E-state index contributed by atoms with van der Waals surface area (Å²) in [5.74, 6) is 0.514. The summed E-state index contributed by atoms with van der Waals surface area (Å²) in [6, 6.07) is -0.626. The van der Waals surface area contributed by atoms with E-state index in [0.717, 1.165) is 13.0 Å². The van der Waals surface area contributed by atoms with E-state index in [2.05, 4.69) is 33.0 Å². The van der Waals surface area contributed by atoms with Crippen LogP contribution in [0, 0.1) is 17.8 Å². The zero-order valence-corrected chi connectivity index (χ0v) is 18.8. The number of carbonyl (C=O) groups is 3. The quantitative estimate of drug-likeness (QED) is 0.621. The van der Waals surface area contributed by atoms with Crippen molar-refractivity contribution in [3.8, 4) is 0 Å². The van der Waals surface area contributed by atoms with Gasteiger partial charge in [-0.3, -0.25) is 14.4 Å². The highest BCUT2D eigenvalue weighted by molar-refractivity contribution is 5.90. The van der Waals surface area contributed by atoms with Crippen LogP contribution in [0.1, 0.15) is 60.3 Å². The molecular weight excluding hydrogens is 370 g/mol. The highest BCUT2D eigenvalue weighted by Gasteiger charge is 2.39. The van der Waals surface area contributed by atoms with Crippen molar-refractivity contribution >= 4 is 17.8 Å². The number of hydrogen-bond donors (Lipinski definition) is 1. The van der Waals surface area contributed by atoms with Gasteiger partial charge in [0.1, 0.15) is 6.04 Å². The average Bonchev–Trinajstić information content (AvgIpc) is 2.67. The summed E-state index contributed by atoms with van der Waals surface area (Å²) in [4.78, 5) is 42.2. The third-order valence-electron chi connectivity index (χ3n) is 5.81. The summed E-state index contributed by atoms with van der Waals surface area (Å²) >= 11 is 0. The Balaban J connectivity index is 2.06. The lowest BCUT2D eigenvalue weighted by Gasteiger charge is -2.42. The smallest absolute Gasteiger partial charge is 0.309 e. The standard InChI is InChI=1S/C22H39N3O4/c1-6-29-22(28)17-7-10-24(11-8-17)21(27)19(14-16(4)5)25-12-9-23-18(20(25)26)13-15(2)3/h15-19,23H,6-14H2,1-5H3. The molecule has 2 unspecified atom stereocenters. The molecule has 2 saturated heterocycles. The van der Waals surface area contributed by atoms with E-state index < -0.39 is 6.04 Å². The number of likely N-dealkylation sites (tertiary alicyclic amines) is 1. The first-order valence-electron chi connectivity index (χ1n) is 11.2. The number of ether oxygens (including phenoxy) is 1. The second kappa shape index (κ2) is 11.0. The topological polar surface area (TPSA) is 79.0 Å². The summed E-state index contributed by atoms with van der Waals surface area (Å²) in [6.07, 6.45) is 2.70. The van der Waals surface area contributed by atoms with Crippen molar-refractivity contribution in [2.45, 2.75) is 72.4 Å². The number of piperazine rings is 1. The number of hydrogen-bond acceptors (Lipinski definition) is 5. The molecule has 0 aliphatic carbocycles. The minimum Gasteiger partial charge on any atom is -0.466 e. The van der Waals surface area contributed by atoms with Crippen molar-refractivity contribution in [3.63, 3.8) is 0 Å². The van der Waals surface area contributed by atoms with Crippen molar-refractivity contribution in [2.24, 2.45) is 17.8 Å². The normalized spacial score (nSPS) is 22.3. The van der Waals surface area contributed by atoms with Crippen LogP contribution in [0.3, 0.4) is 0 Å². The second-order valence-corrected chi connectivity index (χ2v) is 9.16. The Morgan fingerprint density at radius 3 is 2.31 bits per heavy atom. The summed E-state index contributed by atoms with van der Waals surface area (Å²) in [7, 11) is 0. The van der Waals surface area contributed by atoms with Gasteiger partial charge >= 0.3 is 5.97 Å². The Morgan fingerprint density at radius 2 is 1.76 bits per heavy atom. The van der Waals surface area contributed by atoms with Gasteiger partial charge < -0.3 is 19.9 Å². The van der Waals surface area contributed by atoms with Gasteiger partial charge in [-0.25, -0.2) is 0 Å². The Hall–Kier alpha value is -1.63. The Bertz CT molecular complexity index is 570. The first kappa shape index (κ1) is 23.6. The number of piperidine rings is 1. The van der Waals surface area contributed by atoms with Gasteiger partial charge in [0, 0.05) is 26.2 Å². The van der Waals surface area contributed by atoms with E-state index in [1.165, 1.54) is 0 Å². The predicted molar refractivity (Wildman–Crippen MR) is 112 cm³/mol. The van der Waals surface area contributed by atoms with Gasteiger partial charge in [-0.15, -0.1) is 0 Å². The molecule has 0 bridgehead atoms. The lowest BCUT2D eigenvalue weighted by Crippen LogP contribution is -2.62. The van der Waals surface area contributed by atoms with Crippen LogP contribution in [0.5, 0.6) is 0 Å². The zero-order chi connectivity index (χ0) is 21.6. The molecule has 0 radical (unpaired) electrons. The maximum atomic E-state index is 13.4. The number of esters is 1. The summed E-state index contributed by atoms with van der Waals surface area (Å²) in [5, 5.41) is 3.32. The van der Waals surface area contributed by atoms with Gasteiger partial charge in [0.05, 0.1) is 18.6 Å². The van der Waals surface area contributed by atoms with Crippen LogP contribution in [0.15, 0.2) is 0 Å². The van der Waals surface area contributed by atoms with Crippen LogP contribution in [-0.4, -0.2) is 72.5 Å². The van der Waals surface area contributed by atoms with Crippen LogP contribution >= 0.6 is 0 Å². The van der Waals surface area contributed by atoms with E-state index in [1.54, 1.807) is 0 Å². The Morgan fingerprint density at radius 1 is 1.10 bits per heavy atom. The van der Waals surface area contributed by atoms with Crippen LogP contribution < -0.4 is 5.32 Å². The van der Waals surface area contributed by atoms with Crippen molar-refractivity contribution in [2.75, 3.05) is 32.8 Å². The van der Waals surface area contributed by atoms with Crippen LogP contribution in [-0.2, 0) is 19.1 Å². The molecule has 0 spiro atoms. The van der Waals surface area contributed by atoms with Gasteiger partial charge in [0.15, 0.2) is 0 Å². The molecule has 2 atom stereocenters. The maximum Gasteiger partial charge on any atom is 0.309 e. The molecule has 0 aromatic carbocycles. The monoisotopic (exact) mass is 409 g/mol. The first-order valence-corrected chi connectivity index (χ1v) is 11.2.